The van der Waals surface area contributed by atoms with E-state index in [2.05, 4.69) is 15.9 Å². The summed E-state index contributed by atoms with van der Waals surface area (Å²) in [4.78, 5) is 0.515. The first-order valence-electron chi connectivity index (χ1n) is 5.04. The van der Waals surface area contributed by atoms with Crippen molar-refractivity contribution in [3.05, 3.63) is 64.4 Å². The van der Waals surface area contributed by atoms with E-state index < -0.39 is 10.8 Å². The largest absolute Gasteiger partial charge is 0.254 e. The Bertz CT molecular complexity index is 557. The van der Waals surface area contributed by atoms with Crippen LogP contribution in [0.4, 0.5) is 4.39 Å². The second-order valence-corrected chi connectivity index (χ2v) is 5.84. The average Bonchev–Trinajstić information content (AvgIpc) is 2.32. The Kier molecular flexibility index (Phi) is 4.07. The van der Waals surface area contributed by atoms with Crippen molar-refractivity contribution in [2.75, 3.05) is 0 Å². The van der Waals surface area contributed by atoms with Gasteiger partial charge in [0.1, 0.15) is 5.82 Å². The van der Waals surface area contributed by atoms with Gasteiger partial charge >= 0.3 is 0 Å². The van der Waals surface area contributed by atoms with E-state index in [1.165, 1.54) is 12.1 Å². The van der Waals surface area contributed by atoms with Crippen molar-refractivity contribution in [2.24, 2.45) is 0 Å². The van der Waals surface area contributed by atoms with Gasteiger partial charge in [-0.2, -0.15) is 0 Å². The lowest BCUT2D eigenvalue weighted by molar-refractivity contribution is 0.622. The molecule has 0 heterocycles. The Morgan fingerprint density at radius 1 is 1.12 bits per heavy atom. The lowest BCUT2D eigenvalue weighted by Crippen LogP contribution is -1.97. The van der Waals surface area contributed by atoms with Crippen LogP contribution in [-0.2, 0) is 16.6 Å². The molecule has 2 aromatic carbocycles. The maximum atomic E-state index is 13.0. The summed E-state index contributed by atoms with van der Waals surface area (Å²) >= 11 is 3.40. The summed E-state index contributed by atoms with van der Waals surface area (Å²) in [6.07, 6.45) is 0. The summed E-state index contributed by atoms with van der Waals surface area (Å²) in [5, 5.41) is 0. The highest BCUT2D eigenvalue weighted by atomic mass is 79.9. The number of hydrogen-bond acceptors (Lipinski definition) is 1. The zero-order valence-electron chi connectivity index (χ0n) is 8.90. The molecule has 88 valence electrons. The first-order chi connectivity index (χ1) is 8.16. The third kappa shape index (κ3) is 3.23. The van der Waals surface area contributed by atoms with Gasteiger partial charge in [-0.25, -0.2) is 4.39 Å². The van der Waals surface area contributed by atoms with Crippen LogP contribution in [0.3, 0.4) is 0 Å². The second-order valence-electron chi connectivity index (χ2n) is 3.54. The Hall–Kier alpha value is -1.00. The highest BCUT2D eigenvalue weighted by Crippen LogP contribution is 2.20. The Morgan fingerprint density at radius 3 is 2.59 bits per heavy atom. The molecule has 2 rings (SSSR count). The van der Waals surface area contributed by atoms with Gasteiger partial charge in [0, 0.05) is 9.37 Å². The predicted molar refractivity (Wildman–Crippen MR) is 70.7 cm³/mol. The van der Waals surface area contributed by atoms with Gasteiger partial charge < -0.3 is 0 Å². The molecule has 0 saturated carbocycles. The molecular formula is C13H10BrFOS. The van der Waals surface area contributed by atoms with Crippen LogP contribution in [0.5, 0.6) is 0 Å². The van der Waals surface area contributed by atoms with E-state index in [4.69, 9.17) is 0 Å². The molecule has 1 atom stereocenters. The molecule has 1 unspecified atom stereocenters. The molecule has 2 aromatic rings. The fourth-order valence-electron chi connectivity index (χ4n) is 1.45. The Morgan fingerprint density at radius 2 is 1.88 bits per heavy atom. The molecule has 0 spiro atoms. The number of halogens is 2. The van der Waals surface area contributed by atoms with E-state index >= 15 is 0 Å². The number of hydrogen-bond donors (Lipinski definition) is 0. The van der Waals surface area contributed by atoms with Gasteiger partial charge in [-0.05, 0) is 29.8 Å². The van der Waals surface area contributed by atoms with Crippen molar-refractivity contribution in [1.82, 2.24) is 0 Å². The van der Waals surface area contributed by atoms with Crippen LogP contribution in [0.25, 0.3) is 0 Å². The average molecular weight is 313 g/mol. The number of benzene rings is 2. The van der Waals surface area contributed by atoms with Crippen molar-refractivity contribution in [3.8, 4) is 0 Å². The van der Waals surface area contributed by atoms with E-state index in [1.807, 2.05) is 24.3 Å². The molecule has 0 fully saturated rings. The normalized spacial score (nSPS) is 12.4. The van der Waals surface area contributed by atoms with Gasteiger partial charge in [-0.3, -0.25) is 4.21 Å². The van der Waals surface area contributed by atoms with Crippen LogP contribution in [0, 0.1) is 5.82 Å². The quantitative estimate of drug-likeness (QED) is 0.840. The fraction of sp³-hybridized carbons (Fsp3) is 0.0769. The third-order valence-electron chi connectivity index (χ3n) is 2.30. The molecule has 1 nitrogen and oxygen atoms in total. The van der Waals surface area contributed by atoms with Crippen LogP contribution in [-0.4, -0.2) is 4.21 Å². The van der Waals surface area contributed by atoms with Gasteiger partial charge in [-0.1, -0.05) is 40.2 Å². The van der Waals surface area contributed by atoms with Crippen molar-refractivity contribution in [3.63, 3.8) is 0 Å². The molecule has 0 radical (unpaired) electrons. The van der Waals surface area contributed by atoms with Gasteiger partial charge in [-0.15, -0.1) is 0 Å². The Balaban J connectivity index is 2.20. The third-order valence-corrected chi connectivity index (χ3v) is 4.43. The van der Waals surface area contributed by atoms with Gasteiger partial charge in [0.2, 0.25) is 0 Å². The molecule has 0 N–H and O–H groups in total. The van der Waals surface area contributed by atoms with Crippen LogP contribution < -0.4 is 0 Å². The molecule has 0 aliphatic heterocycles. The highest BCUT2D eigenvalue weighted by Gasteiger charge is 2.08. The lowest BCUT2D eigenvalue weighted by atomic mass is 10.2. The highest BCUT2D eigenvalue weighted by molar-refractivity contribution is 9.10. The van der Waals surface area contributed by atoms with Crippen molar-refractivity contribution < 1.29 is 8.60 Å². The van der Waals surface area contributed by atoms with E-state index in [1.54, 1.807) is 12.1 Å². The molecule has 0 aromatic heterocycles. The second kappa shape index (κ2) is 5.56. The van der Waals surface area contributed by atoms with E-state index in [0.29, 0.717) is 10.6 Å². The van der Waals surface area contributed by atoms with Crippen LogP contribution in [0.1, 0.15) is 5.56 Å². The summed E-state index contributed by atoms with van der Waals surface area (Å²) in [7, 11) is -1.22. The fourth-order valence-corrected chi connectivity index (χ4v) is 3.23. The van der Waals surface area contributed by atoms with Gasteiger partial charge in [0.15, 0.2) is 0 Å². The van der Waals surface area contributed by atoms with Gasteiger partial charge in [0.05, 0.1) is 16.6 Å². The zero-order valence-corrected chi connectivity index (χ0v) is 11.3. The van der Waals surface area contributed by atoms with Crippen LogP contribution >= 0.6 is 15.9 Å². The van der Waals surface area contributed by atoms with E-state index in [0.717, 1.165) is 10.0 Å². The lowest BCUT2D eigenvalue weighted by Gasteiger charge is -2.04. The standard InChI is InChI=1S/C13H10BrFOS/c14-13-7-2-1-4-10(13)9-17(16)12-6-3-5-11(15)8-12/h1-8H,9H2. The van der Waals surface area contributed by atoms with Crippen molar-refractivity contribution in [1.29, 1.82) is 0 Å². The predicted octanol–water partition coefficient (Wildman–Crippen LogP) is 3.90. The molecule has 4 heteroatoms. The van der Waals surface area contributed by atoms with E-state index in [9.17, 15) is 8.60 Å². The Labute approximate surface area is 110 Å². The molecule has 0 saturated heterocycles. The smallest absolute Gasteiger partial charge is 0.124 e. The maximum Gasteiger partial charge on any atom is 0.124 e. The van der Waals surface area contributed by atoms with Crippen molar-refractivity contribution >= 4 is 26.7 Å². The zero-order chi connectivity index (χ0) is 12.3. The molecule has 0 aliphatic rings. The molecule has 0 amide bonds. The molecular weight excluding hydrogens is 303 g/mol. The summed E-state index contributed by atoms with van der Waals surface area (Å²) in [6, 6.07) is 13.5. The first-order valence-corrected chi connectivity index (χ1v) is 7.15. The number of rotatable bonds is 3. The summed E-state index contributed by atoms with van der Waals surface area (Å²) < 4.78 is 26.0. The molecule has 0 aliphatic carbocycles. The van der Waals surface area contributed by atoms with Crippen LogP contribution in [0.15, 0.2) is 57.9 Å². The monoisotopic (exact) mass is 312 g/mol. The maximum absolute atomic E-state index is 13.0. The minimum Gasteiger partial charge on any atom is -0.254 e. The van der Waals surface area contributed by atoms with Crippen LogP contribution in [0.2, 0.25) is 0 Å². The summed E-state index contributed by atoms with van der Waals surface area (Å²) in [6.45, 7) is 0. The van der Waals surface area contributed by atoms with Crippen molar-refractivity contribution in [2.45, 2.75) is 10.6 Å². The minimum atomic E-state index is -1.22. The summed E-state index contributed by atoms with van der Waals surface area (Å²) in [5.41, 5.74) is 0.954. The first kappa shape index (κ1) is 12.5. The topological polar surface area (TPSA) is 17.1 Å². The SMILES string of the molecule is O=S(Cc1ccccc1Br)c1cccc(F)c1. The summed E-state index contributed by atoms with van der Waals surface area (Å²) in [5.74, 6) is 0.0215. The molecule has 0 bridgehead atoms. The van der Waals surface area contributed by atoms with Gasteiger partial charge in [0.25, 0.3) is 0 Å². The molecule has 17 heavy (non-hydrogen) atoms. The minimum absolute atomic E-state index is 0.358. The van der Waals surface area contributed by atoms with E-state index in [-0.39, 0.29) is 5.82 Å².